The molecule has 0 bridgehead atoms. The van der Waals surface area contributed by atoms with E-state index >= 15 is 0 Å². The molecule has 0 fully saturated rings. The Balaban J connectivity index is 5.04. The van der Waals surface area contributed by atoms with Crippen molar-refractivity contribution in [3.05, 3.63) is 36.3 Å². The van der Waals surface area contributed by atoms with E-state index in [2.05, 4.69) is 17.9 Å². The number of carbonyl (C=O) groups excluding carboxylic acids is 1. The summed E-state index contributed by atoms with van der Waals surface area (Å²) < 4.78 is 16.8. The molecule has 0 amide bonds. The molecule has 0 aromatic rings. The second kappa shape index (κ2) is 4.33. The number of allylic oxidation sites excluding steroid dienone is 1. The highest BCUT2D eigenvalue weighted by Gasteiger charge is 2.16. The van der Waals surface area contributed by atoms with Crippen molar-refractivity contribution in [3.63, 3.8) is 0 Å². The summed E-state index contributed by atoms with van der Waals surface area (Å²) in [5.74, 6) is -1.79. The first-order chi connectivity index (χ1) is 5.54. The number of ether oxygens (including phenoxy) is 1. The first kappa shape index (κ1) is 10.4. The Morgan fingerprint density at radius 1 is 1.67 bits per heavy atom. The van der Waals surface area contributed by atoms with E-state index in [4.69, 9.17) is 5.73 Å². The molecule has 3 nitrogen and oxygen atoms in total. The largest absolute Gasteiger partial charge is 0.465 e. The first-order valence-corrected chi connectivity index (χ1v) is 3.09. The van der Waals surface area contributed by atoms with Crippen LogP contribution < -0.4 is 5.73 Å². The van der Waals surface area contributed by atoms with E-state index in [9.17, 15) is 9.18 Å². The van der Waals surface area contributed by atoms with Crippen molar-refractivity contribution < 1.29 is 13.9 Å². The van der Waals surface area contributed by atoms with Gasteiger partial charge in [0.15, 0.2) is 0 Å². The lowest BCUT2D eigenvalue weighted by Gasteiger charge is -2.03. The summed E-state index contributed by atoms with van der Waals surface area (Å²) in [7, 11) is 1.13. The molecule has 12 heavy (non-hydrogen) atoms. The lowest BCUT2D eigenvalue weighted by Crippen LogP contribution is -2.11. The molecule has 66 valence electrons. The predicted octanol–water partition coefficient (Wildman–Crippen LogP) is 1.04. The van der Waals surface area contributed by atoms with Crippen molar-refractivity contribution >= 4 is 5.97 Å². The van der Waals surface area contributed by atoms with E-state index in [0.717, 1.165) is 13.2 Å². The van der Waals surface area contributed by atoms with Gasteiger partial charge in [0.2, 0.25) is 0 Å². The molecule has 0 aromatic heterocycles. The van der Waals surface area contributed by atoms with Crippen LogP contribution in [0.1, 0.15) is 0 Å². The van der Waals surface area contributed by atoms with E-state index in [1.165, 1.54) is 0 Å². The lowest BCUT2D eigenvalue weighted by molar-refractivity contribution is -0.136. The average molecular weight is 171 g/mol. The van der Waals surface area contributed by atoms with Crippen LogP contribution in [0, 0.1) is 0 Å². The van der Waals surface area contributed by atoms with Crippen molar-refractivity contribution in [2.45, 2.75) is 0 Å². The molecule has 0 saturated carbocycles. The Labute approximate surface area is 70.0 Å². The number of carbonyl (C=O) groups is 1. The molecule has 2 N–H and O–H groups in total. The van der Waals surface area contributed by atoms with Crippen LogP contribution in [0.15, 0.2) is 36.3 Å². The standard InChI is InChI=1S/C8H10FNO2/c1-4-6(10)7(5(2)9)8(11)12-3/h4H,1-2,10H2,3H3/b7-6-. The third-order valence-corrected chi connectivity index (χ3v) is 1.17. The van der Waals surface area contributed by atoms with Gasteiger partial charge in [-0.3, -0.25) is 0 Å². The number of nitrogens with two attached hydrogens (primary N) is 1. The Morgan fingerprint density at radius 3 is 2.42 bits per heavy atom. The molecule has 0 aliphatic rings. The molecule has 0 radical (unpaired) electrons. The van der Waals surface area contributed by atoms with Gasteiger partial charge in [-0.05, 0) is 6.08 Å². The van der Waals surface area contributed by atoms with E-state index in [-0.39, 0.29) is 11.3 Å². The normalized spacial score (nSPS) is 11.5. The van der Waals surface area contributed by atoms with Crippen LogP contribution in [0.5, 0.6) is 0 Å². The van der Waals surface area contributed by atoms with E-state index in [1.807, 2.05) is 0 Å². The van der Waals surface area contributed by atoms with Gasteiger partial charge in [0.25, 0.3) is 0 Å². The molecule has 0 rings (SSSR count). The van der Waals surface area contributed by atoms with Crippen molar-refractivity contribution in [2.75, 3.05) is 7.11 Å². The number of halogens is 1. The van der Waals surface area contributed by atoms with Gasteiger partial charge < -0.3 is 10.5 Å². The summed E-state index contributed by atoms with van der Waals surface area (Å²) >= 11 is 0. The number of hydrogen-bond donors (Lipinski definition) is 1. The van der Waals surface area contributed by atoms with Gasteiger partial charge in [-0.15, -0.1) is 0 Å². The maximum atomic E-state index is 12.6. The quantitative estimate of drug-likeness (QED) is 0.392. The van der Waals surface area contributed by atoms with Gasteiger partial charge >= 0.3 is 5.97 Å². The molecule has 0 spiro atoms. The van der Waals surface area contributed by atoms with Crippen LogP contribution in [0.4, 0.5) is 4.39 Å². The minimum absolute atomic E-state index is 0.0886. The fourth-order valence-corrected chi connectivity index (χ4v) is 0.589. The zero-order valence-electron chi connectivity index (χ0n) is 6.76. The zero-order chi connectivity index (χ0) is 9.72. The molecule has 0 heterocycles. The highest BCUT2D eigenvalue weighted by atomic mass is 19.1. The Hall–Kier alpha value is -1.58. The topological polar surface area (TPSA) is 52.3 Å². The van der Waals surface area contributed by atoms with Gasteiger partial charge in [-0.25, -0.2) is 9.18 Å². The molecule has 4 heteroatoms. The predicted molar refractivity (Wildman–Crippen MR) is 43.7 cm³/mol. The second-order valence-corrected chi connectivity index (χ2v) is 1.93. The van der Waals surface area contributed by atoms with E-state index in [0.29, 0.717) is 0 Å². The minimum atomic E-state index is -0.931. The fraction of sp³-hybridized carbons (Fsp3) is 0.125. The van der Waals surface area contributed by atoms with Crippen molar-refractivity contribution in [1.82, 2.24) is 0 Å². The fourth-order valence-electron chi connectivity index (χ4n) is 0.589. The summed E-state index contributed by atoms with van der Waals surface area (Å²) in [4.78, 5) is 10.8. The van der Waals surface area contributed by atoms with Gasteiger partial charge in [-0.1, -0.05) is 13.2 Å². The Bertz CT molecular complexity index is 256. The van der Waals surface area contributed by atoms with Gasteiger partial charge in [0.1, 0.15) is 11.4 Å². The summed E-state index contributed by atoms with van der Waals surface area (Å²) in [6.45, 7) is 6.22. The monoisotopic (exact) mass is 171 g/mol. The van der Waals surface area contributed by atoms with Crippen LogP contribution in [0.3, 0.4) is 0 Å². The van der Waals surface area contributed by atoms with Crippen LogP contribution in [-0.2, 0) is 9.53 Å². The van der Waals surface area contributed by atoms with E-state index < -0.39 is 11.8 Å². The molecule has 0 unspecified atom stereocenters. The maximum Gasteiger partial charge on any atom is 0.342 e. The summed E-state index contributed by atoms with van der Waals surface area (Å²) in [5.41, 5.74) is 4.78. The molecule has 0 atom stereocenters. The smallest absolute Gasteiger partial charge is 0.342 e. The average Bonchev–Trinajstić information content (AvgIpc) is 2.03. The molecular weight excluding hydrogens is 161 g/mol. The van der Waals surface area contributed by atoms with Gasteiger partial charge in [0.05, 0.1) is 7.11 Å². The second-order valence-electron chi connectivity index (χ2n) is 1.93. The van der Waals surface area contributed by atoms with E-state index in [1.54, 1.807) is 0 Å². The summed E-state index contributed by atoms with van der Waals surface area (Å²) in [6.07, 6.45) is 1.15. The number of rotatable bonds is 3. The third-order valence-electron chi connectivity index (χ3n) is 1.17. The third kappa shape index (κ3) is 2.23. The van der Waals surface area contributed by atoms with Crippen molar-refractivity contribution in [3.8, 4) is 0 Å². The molecule has 0 aromatic carbocycles. The van der Waals surface area contributed by atoms with Crippen LogP contribution >= 0.6 is 0 Å². The summed E-state index contributed by atoms with van der Waals surface area (Å²) in [5, 5.41) is 0. The van der Waals surface area contributed by atoms with Crippen molar-refractivity contribution in [1.29, 1.82) is 0 Å². The SMILES string of the molecule is C=C/C(N)=C(\C(=C)F)C(=O)OC. The van der Waals surface area contributed by atoms with Crippen molar-refractivity contribution in [2.24, 2.45) is 5.73 Å². The number of hydrogen-bond acceptors (Lipinski definition) is 3. The number of methoxy groups -OCH3 is 1. The zero-order valence-corrected chi connectivity index (χ0v) is 6.76. The first-order valence-electron chi connectivity index (χ1n) is 3.09. The van der Waals surface area contributed by atoms with Gasteiger partial charge in [-0.2, -0.15) is 0 Å². The number of esters is 1. The molecule has 0 saturated heterocycles. The Kier molecular flexibility index (Phi) is 3.76. The molecule has 0 aliphatic carbocycles. The highest BCUT2D eigenvalue weighted by molar-refractivity contribution is 5.93. The summed E-state index contributed by atoms with van der Waals surface area (Å²) in [6, 6.07) is 0. The lowest BCUT2D eigenvalue weighted by atomic mass is 10.2. The molecule has 0 aliphatic heterocycles. The highest BCUT2D eigenvalue weighted by Crippen LogP contribution is 2.13. The van der Waals surface area contributed by atoms with Crippen LogP contribution in [0.2, 0.25) is 0 Å². The van der Waals surface area contributed by atoms with Crippen LogP contribution in [-0.4, -0.2) is 13.1 Å². The van der Waals surface area contributed by atoms with Crippen LogP contribution in [0.25, 0.3) is 0 Å². The van der Waals surface area contributed by atoms with Gasteiger partial charge in [0, 0.05) is 5.70 Å². The maximum absolute atomic E-state index is 12.6. The molecular formula is C8H10FNO2. The minimum Gasteiger partial charge on any atom is -0.465 e. The Morgan fingerprint density at radius 2 is 2.17 bits per heavy atom.